The maximum atomic E-state index is 13.0. The molecule has 0 bridgehead atoms. The average molecular weight is 266 g/mol. The number of rotatable bonds is 2. The van der Waals surface area contributed by atoms with Crippen LogP contribution in [0.2, 0.25) is 0 Å². The Morgan fingerprint density at radius 3 is 3.05 bits per heavy atom. The first-order valence-electron chi connectivity index (χ1n) is 6.51. The van der Waals surface area contributed by atoms with Crippen molar-refractivity contribution < 1.29 is 14.3 Å². The third-order valence-electron chi connectivity index (χ3n) is 3.54. The molecule has 19 heavy (non-hydrogen) atoms. The predicted octanol–water partition coefficient (Wildman–Crippen LogP) is 1.74. The predicted molar refractivity (Wildman–Crippen MR) is 70.0 cm³/mol. The summed E-state index contributed by atoms with van der Waals surface area (Å²) in [6.07, 6.45) is 0.336. The van der Waals surface area contributed by atoms with Gasteiger partial charge >= 0.3 is 6.03 Å². The van der Waals surface area contributed by atoms with Gasteiger partial charge in [-0.3, -0.25) is 0 Å². The Morgan fingerprint density at radius 2 is 2.37 bits per heavy atom. The summed E-state index contributed by atoms with van der Waals surface area (Å²) in [4.78, 5) is 13.5. The van der Waals surface area contributed by atoms with Crippen LogP contribution >= 0.6 is 0 Å². The first-order valence-corrected chi connectivity index (χ1v) is 6.51. The molecule has 0 aliphatic carbocycles. The summed E-state index contributed by atoms with van der Waals surface area (Å²) < 4.78 is 13.0. The van der Waals surface area contributed by atoms with Gasteiger partial charge in [0.1, 0.15) is 5.82 Å². The molecule has 1 saturated heterocycles. The zero-order chi connectivity index (χ0) is 13.8. The van der Waals surface area contributed by atoms with Gasteiger partial charge in [0.15, 0.2) is 0 Å². The Hall–Kier alpha value is -1.62. The summed E-state index contributed by atoms with van der Waals surface area (Å²) in [6, 6.07) is 5.93. The van der Waals surface area contributed by atoms with Crippen molar-refractivity contribution >= 4 is 6.03 Å². The van der Waals surface area contributed by atoms with E-state index >= 15 is 0 Å². The minimum atomic E-state index is -0.464. The van der Waals surface area contributed by atoms with Crippen LogP contribution in [0.5, 0.6) is 0 Å². The number of nitrogens with one attached hydrogen (secondary N) is 1. The number of likely N-dealkylation sites (tertiary alicyclic amines) is 1. The summed E-state index contributed by atoms with van der Waals surface area (Å²) in [5, 5.41) is 12.5. The van der Waals surface area contributed by atoms with Gasteiger partial charge in [0, 0.05) is 19.6 Å². The van der Waals surface area contributed by atoms with E-state index in [0.29, 0.717) is 19.6 Å². The Kier molecular flexibility index (Phi) is 4.37. The number of benzene rings is 1. The lowest BCUT2D eigenvalue weighted by molar-refractivity contribution is 0.0435. The first kappa shape index (κ1) is 13.8. The molecule has 2 amide bonds. The van der Waals surface area contributed by atoms with E-state index in [-0.39, 0.29) is 17.8 Å². The number of nitrogens with zero attached hydrogens (tertiary/aromatic N) is 1. The Balaban J connectivity index is 1.84. The van der Waals surface area contributed by atoms with Gasteiger partial charge in [-0.15, -0.1) is 0 Å². The van der Waals surface area contributed by atoms with Crippen molar-refractivity contribution in [2.24, 2.45) is 5.92 Å². The number of β-amino-alcohol motifs (C(OH)–C–C–N with tert-alkyl or cyclic N) is 1. The molecule has 0 aromatic heterocycles. The fourth-order valence-corrected chi connectivity index (χ4v) is 2.17. The van der Waals surface area contributed by atoms with Crippen molar-refractivity contribution in [1.29, 1.82) is 0 Å². The fourth-order valence-electron chi connectivity index (χ4n) is 2.17. The van der Waals surface area contributed by atoms with E-state index in [2.05, 4.69) is 5.32 Å². The lowest BCUT2D eigenvalue weighted by Crippen LogP contribution is -2.49. The van der Waals surface area contributed by atoms with Crippen molar-refractivity contribution in [2.45, 2.75) is 26.0 Å². The smallest absolute Gasteiger partial charge is 0.317 e. The van der Waals surface area contributed by atoms with E-state index in [9.17, 15) is 14.3 Å². The third kappa shape index (κ3) is 3.67. The maximum absolute atomic E-state index is 13.0. The van der Waals surface area contributed by atoms with Crippen molar-refractivity contribution in [2.75, 3.05) is 13.1 Å². The molecule has 0 radical (unpaired) electrons. The van der Waals surface area contributed by atoms with E-state index in [1.54, 1.807) is 17.0 Å². The van der Waals surface area contributed by atoms with Gasteiger partial charge in [-0.2, -0.15) is 0 Å². The van der Waals surface area contributed by atoms with Crippen LogP contribution in [0.4, 0.5) is 9.18 Å². The summed E-state index contributed by atoms with van der Waals surface area (Å²) in [6.45, 7) is 3.27. The second-order valence-electron chi connectivity index (χ2n) is 5.07. The van der Waals surface area contributed by atoms with Crippen molar-refractivity contribution in [1.82, 2.24) is 10.2 Å². The minimum Gasteiger partial charge on any atom is -0.391 e. The van der Waals surface area contributed by atoms with Gasteiger partial charge in [0.2, 0.25) is 0 Å². The van der Waals surface area contributed by atoms with Crippen molar-refractivity contribution in [3.05, 3.63) is 35.6 Å². The maximum Gasteiger partial charge on any atom is 0.317 e. The Bertz CT molecular complexity index is 453. The zero-order valence-corrected chi connectivity index (χ0v) is 11.0. The molecule has 2 N–H and O–H groups in total. The quantitative estimate of drug-likeness (QED) is 0.856. The molecule has 1 heterocycles. The number of urea groups is 1. The molecule has 1 aliphatic heterocycles. The highest BCUT2D eigenvalue weighted by Gasteiger charge is 2.26. The Morgan fingerprint density at radius 1 is 1.58 bits per heavy atom. The van der Waals surface area contributed by atoms with Gasteiger partial charge in [0.25, 0.3) is 0 Å². The second kappa shape index (κ2) is 6.02. The molecule has 4 nitrogen and oxygen atoms in total. The second-order valence-corrected chi connectivity index (χ2v) is 5.07. The van der Waals surface area contributed by atoms with Crippen LogP contribution < -0.4 is 5.32 Å². The highest BCUT2D eigenvalue weighted by molar-refractivity contribution is 5.74. The zero-order valence-electron chi connectivity index (χ0n) is 11.0. The largest absolute Gasteiger partial charge is 0.391 e. The van der Waals surface area contributed by atoms with Crippen LogP contribution in [0.25, 0.3) is 0 Å². The lowest BCUT2D eigenvalue weighted by atomic mass is 9.96. The molecule has 0 saturated carbocycles. The number of carbonyl (C=O) groups excluding carboxylic acids is 1. The normalized spacial score (nSPS) is 23.2. The minimum absolute atomic E-state index is 0.213. The third-order valence-corrected chi connectivity index (χ3v) is 3.54. The van der Waals surface area contributed by atoms with Crippen LogP contribution in [0.15, 0.2) is 24.3 Å². The topological polar surface area (TPSA) is 52.6 Å². The van der Waals surface area contributed by atoms with Crippen LogP contribution in [-0.2, 0) is 6.54 Å². The number of amides is 2. The Labute approximate surface area is 112 Å². The van der Waals surface area contributed by atoms with Gasteiger partial charge in [0.05, 0.1) is 6.10 Å². The van der Waals surface area contributed by atoms with Crippen molar-refractivity contribution in [3.63, 3.8) is 0 Å². The monoisotopic (exact) mass is 266 g/mol. The number of aliphatic hydroxyl groups excluding tert-OH is 1. The molecule has 2 unspecified atom stereocenters. The number of carbonyl (C=O) groups is 1. The number of halogens is 1. The molecule has 104 valence electrons. The molecule has 1 aliphatic rings. The number of aliphatic hydroxyl groups is 1. The lowest BCUT2D eigenvalue weighted by Gasteiger charge is -2.34. The van der Waals surface area contributed by atoms with Crippen LogP contribution in [0.3, 0.4) is 0 Å². The van der Waals surface area contributed by atoms with E-state index < -0.39 is 6.10 Å². The summed E-state index contributed by atoms with van der Waals surface area (Å²) in [5.74, 6) is -0.0822. The molecule has 0 spiro atoms. The summed E-state index contributed by atoms with van der Waals surface area (Å²) >= 11 is 0. The number of piperidine rings is 1. The summed E-state index contributed by atoms with van der Waals surface area (Å²) in [7, 11) is 0. The fraction of sp³-hybridized carbons (Fsp3) is 0.500. The molecule has 5 heteroatoms. The molecular formula is C14H19FN2O2. The van der Waals surface area contributed by atoms with Gasteiger partial charge in [-0.25, -0.2) is 9.18 Å². The van der Waals surface area contributed by atoms with Crippen LogP contribution in [0.1, 0.15) is 18.9 Å². The molecule has 1 aromatic rings. The van der Waals surface area contributed by atoms with Gasteiger partial charge in [-0.05, 0) is 30.0 Å². The van der Waals surface area contributed by atoms with Crippen LogP contribution in [0, 0.1) is 11.7 Å². The number of hydrogen-bond donors (Lipinski definition) is 2. The molecular weight excluding hydrogens is 247 g/mol. The van der Waals surface area contributed by atoms with E-state index in [0.717, 1.165) is 12.0 Å². The van der Waals surface area contributed by atoms with E-state index in [4.69, 9.17) is 0 Å². The first-order chi connectivity index (χ1) is 9.06. The summed E-state index contributed by atoms with van der Waals surface area (Å²) in [5.41, 5.74) is 0.722. The number of hydrogen-bond acceptors (Lipinski definition) is 2. The SMILES string of the molecule is CC1CCN(C(=O)NCc2cccc(F)c2)CC1O. The average Bonchev–Trinajstić information content (AvgIpc) is 2.39. The van der Waals surface area contributed by atoms with Crippen molar-refractivity contribution in [3.8, 4) is 0 Å². The van der Waals surface area contributed by atoms with Crippen LogP contribution in [-0.4, -0.2) is 35.2 Å². The van der Waals surface area contributed by atoms with E-state index in [1.165, 1.54) is 12.1 Å². The molecule has 2 rings (SSSR count). The van der Waals surface area contributed by atoms with Gasteiger partial charge < -0.3 is 15.3 Å². The molecule has 1 fully saturated rings. The standard InChI is InChI=1S/C14H19FN2O2/c1-10-5-6-17(9-13(10)18)14(19)16-8-11-3-2-4-12(15)7-11/h2-4,7,10,13,18H,5-6,8-9H2,1H3,(H,16,19). The van der Waals surface area contributed by atoms with Gasteiger partial charge in [-0.1, -0.05) is 19.1 Å². The highest BCUT2D eigenvalue weighted by atomic mass is 19.1. The molecule has 1 aromatic carbocycles. The van der Waals surface area contributed by atoms with E-state index in [1.807, 2.05) is 6.92 Å². The highest BCUT2D eigenvalue weighted by Crippen LogP contribution is 2.16. The molecule has 2 atom stereocenters.